The Kier molecular flexibility index (Phi) is 5.52. The minimum Gasteiger partial charge on any atom is -0.495 e. The molecule has 0 aromatic heterocycles. The molecule has 0 bridgehead atoms. The van der Waals surface area contributed by atoms with Crippen LogP contribution in [-0.2, 0) is 9.53 Å². The highest BCUT2D eigenvalue weighted by Crippen LogP contribution is 2.28. The van der Waals surface area contributed by atoms with Crippen LogP contribution < -0.4 is 15.8 Å². The van der Waals surface area contributed by atoms with Crippen molar-refractivity contribution in [2.45, 2.75) is 31.8 Å². The highest BCUT2D eigenvalue weighted by molar-refractivity contribution is 7.80. The van der Waals surface area contributed by atoms with E-state index in [1.807, 2.05) is 0 Å². The number of hydrogen-bond acceptors (Lipinski definition) is 4. The number of anilines is 1. The number of rotatable bonds is 6. The first-order valence-corrected chi connectivity index (χ1v) is 7.41. The molecular weight excluding hydrogens is 288 g/mol. The van der Waals surface area contributed by atoms with Crippen LogP contribution in [0.25, 0.3) is 0 Å². The van der Waals surface area contributed by atoms with Crippen molar-refractivity contribution < 1.29 is 14.3 Å². The summed E-state index contributed by atoms with van der Waals surface area (Å²) >= 11 is 5.01. The number of carbonyl (C=O) groups is 1. The van der Waals surface area contributed by atoms with Crippen LogP contribution in [-0.4, -0.2) is 30.7 Å². The lowest BCUT2D eigenvalue weighted by Crippen LogP contribution is -2.19. The lowest BCUT2D eigenvalue weighted by Gasteiger charge is -2.15. The Labute approximate surface area is 129 Å². The van der Waals surface area contributed by atoms with Gasteiger partial charge >= 0.3 is 0 Å². The third-order valence-corrected chi connectivity index (χ3v) is 3.71. The van der Waals surface area contributed by atoms with Gasteiger partial charge in [-0.25, -0.2) is 0 Å². The van der Waals surface area contributed by atoms with Gasteiger partial charge in [-0.3, -0.25) is 4.79 Å². The van der Waals surface area contributed by atoms with E-state index in [9.17, 15) is 4.79 Å². The maximum Gasteiger partial charge on any atom is 0.224 e. The minimum absolute atomic E-state index is 0.0903. The van der Waals surface area contributed by atoms with E-state index in [1.165, 1.54) is 0 Å². The van der Waals surface area contributed by atoms with Crippen molar-refractivity contribution in [3.8, 4) is 5.75 Å². The average Bonchev–Trinajstić information content (AvgIpc) is 2.98. The third kappa shape index (κ3) is 4.15. The van der Waals surface area contributed by atoms with E-state index in [4.69, 9.17) is 27.4 Å². The monoisotopic (exact) mass is 308 g/mol. The molecule has 1 saturated heterocycles. The zero-order chi connectivity index (χ0) is 15.2. The van der Waals surface area contributed by atoms with Gasteiger partial charge in [0.2, 0.25) is 5.91 Å². The van der Waals surface area contributed by atoms with Crippen molar-refractivity contribution in [3.63, 3.8) is 0 Å². The minimum atomic E-state index is -0.0903. The smallest absolute Gasteiger partial charge is 0.224 e. The number of amides is 1. The molecule has 114 valence electrons. The Hall–Kier alpha value is -1.66. The second-order valence-corrected chi connectivity index (χ2v) is 5.41. The average molecular weight is 308 g/mol. The van der Waals surface area contributed by atoms with Gasteiger partial charge in [0.05, 0.1) is 18.9 Å². The molecular formula is C15H20N2O3S. The SMILES string of the molecule is COc1cccc(C(N)=S)c1NC(=O)CCC1CCCO1. The first-order valence-electron chi connectivity index (χ1n) is 7.00. The second kappa shape index (κ2) is 7.38. The van der Waals surface area contributed by atoms with Gasteiger partial charge in [0.1, 0.15) is 10.7 Å². The fourth-order valence-electron chi connectivity index (χ4n) is 2.40. The lowest BCUT2D eigenvalue weighted by atomic mass is 10.1. The van der Waals surface area contributed by atoms with Gasteiger partial charge in [-0.2, -0.15) is 0 Å². The number of nitrogens with two attached hydrogens (primary N) is 1. The summed E-state index contributed by atoms with van der Waals surface area (Å²) < 4.78 is 10.8. The summed E-state index contributed by atoms with van der Waals surface area (Å²) in [5.74, 6) is 0.457. The van der Waals surface area contributed by atoms with E-state index in [0.717, 1.165) is 25.9 Å². The number of benzene rings is 1. The lowest BCUT2D eigenvalue weighted by molar-refractivity contribution is -0.116. The molecule has 21 heavy (non-hydrogen) atoms. The Bertz CT molecular complexity index is 528. The van der Waals surface area contributed by atoms with Crippen LogP contribution in [0.2, 0.25) is 0 Å². The third-order valence-electron chi connectivity index (χ3n) is 3.49. The Morgan fingerprint density at radius 3 is 3.00 bits per heavy atom. The van der Waals surface area contributed by atoms with Crippen molar-refractivity contribution in [1.82, 2.24) is 0 Å². The van der Waals surface area contributed by atoms with Crippen LogP contribution >= 0.6 is 12.2 Å². The van der Waals surface area contributed by atoms with Crippen molar-refractivity contribution in [2.24, 2.45) is 5.73 Å². The predicted molar refractivity (Wildman–Crippen MR) is 85.7 cm³/mol. The molecule has 3 N–H and O–H groups in total. The summed E-state index contributed by atoms with van der Waals surface area (Å²) in [7, 11) is 1.54. The van der Waals surface area contributed by atoms with Crippen LogP contribution in [0.5, 0.6) is 5.75 Å². The van der Waals surface area contributed by atoms with Gasteiger partial charge in [-0.15, -0.1) is 0 Å². The highest BCUT2D eigenvalue weighted by Gasteiger charge is 2.18. The van der Waals surface area contributed by atoms with Gasteiger partial charge in [-0.1, -0.05) is 18.3 Å². The fourth-order valence-corrected chi connectivity index (χ4v) is 2.57. The molecule has 1 aromatic rings. The summed E-state index contributed by atoms with van der Waals surface area (Å²) in [5.41, 5.74) is 6.83. The van der Waals surface area contributed by atoms with E-state index in [1.54, 1.807) is 25.3 Å². The number of methoxy groups -OCH3 is 1. The topological polar surface area (TPSA) is 73.6 Å². The second-order valence-electron chi connectivity index (χ2n) is 4.97. The molecule has 1 aliphatic heterocycles. The molecule has 0 saturated carbocycles. The maximum atomic E-state index is 12.1. The summed E-state index contributed by atoms with van der Waals surface area (Å²) in [6, 6.07) is 5.31. The largest absolute Gasteiger partial charge is 0.495 e. The Morgan fingerprint density at radius 2 is 2.38 bits per heavy atom. The van der Waals surface area contributed by atoms with Gasteiger partial charge in [0.15, 0.2) is 0 Å². The van der Waals surface area contributed by atoms with Crippen molar-refractivity contribution in [3.05, 3.63) is 23.8 Å². The molecule has 1 fully saturated rings. The van der Waals surface area contributed by atoms with E-state index < -0.39 is 0 Å². The zero-order valence-electron chi connectivity index (χ0n) is 12.1. The number of para-hydroxylation sites is 1. The molecule has 1 atom stereocenters. The molecule has 2 rings (SSSR count). The molecule has 5 nitrogen and oxygen atoms in total. The molecule has 1 heterocycles. The van der Waals surface area contributed by atoms with Crippen molar-refractivity contribution in [1.29, 1.82) is 0 Å². The summed E-state index contributed by atoms with van der Waals surface area (Å²) in [6.45, 7) is 0.796. The van der Waals surface area contributed by atoms with Crippen LogP contribution in [0, 0.1) is 0 Å². The number of nitrogens with one attached hydrogen (secondary N) is 1. The zero-order valence-corrected chi connectivity index (χ0v) is 12.9. The van der Waals surface area contributed by atoms with Gasteiger partial charge in [0, 0.05) is 18.6 Å². The Morgan fingerprint density at radius 1 is 1.57 bits per heavy atom. The molecule has 1 aliphatic rings. The molecule has 1 unspecified atom stereocenters. The molecule has 6 heteroatoms. The maximum absolute atomic E-state index is 12.1. The highest BCUT2D eigenvalue weighted by atomic mass is 32.1. The number of thiocarbonyl (C=S) groups is 1. The molecule has 1 aromatic carbocycles. The van der Waals surface area contributed by atoms with Crippen LogP contribution in [0.15, 0.2) is 18.2 Å². The van der Waals surface area contributed by atoms with E-state index in [0.29, 0.717) is 23.4 Å². The molecule has 1 amide bonds. The number of hydrogen-bond donors (Lipinski definition) is 2. The van der Waals surface area contributed by atoms with Crippen LogP contribution in [0.1, 0.15) is 31.2 Å². The van der Waals surface area contributed by atoms with Gasteiger partial charge in [0.25, 0.3) is 0 Å². The quantitative estimate of drug-likeness (QED) is 0.788. The van der Waals surface area contributed by atoms with E-state index in [-0.39, 0.29) is 17.0 Å². The van der Waals surface area contributed by atoms with Gasteiger partial charge in [-0.05, 0) is 31.4 Å². The van der Waals surface area contributed by atoms with Crippen molar-refractivity contribution >= 4 is 28.8 Å². The van der Waals surface area contributed by atoms with Crippen LogP contribution in [0.4, 0.5) is 5.69 Å². The van der Waals surface area contributed by atoms with E-state index >= 15 is 0 Å². The summed E-state index contributed by atoms with van der Waals surface area (Å²) in [5, 5.41) is 2.85. The Balaban J connectivity index is 2.03. The summed E-state index contributed by atoms with van der Waals surface area (Å²) in [4.78, 5) is 12.3. The first-order chi connectivity index (χ1) is 10.1. The first kappa shape index (κ1) is 15.7. The van der Waals surface area contributed by atoms with E-state index in [2.05, 4.69) is 5.32 Å². The molecule has 0 radical (unpaired) electrons. The fraction of sp³-hybridized carbons (Fsp3) is 0.467. The predicted octanol–water partition coefficient (Wildman–Crippen LogP) is 2.23. The number of ether oxygens (including phenoxy) is 2. The normalized spacial score (nSPS) is 17.5. The van der Waals surface area contributed by atoms with Crippen LogP contribution in [0.3, 0.4) is 0 Å². The molecule has 0 aliphatic carbocycles. The standard InChI is InChI=1S/C15H20N2O3S/c1-19-12-6-2-5-11(15(16)21)14(12)17-13(18)8-7-10-4-3-9-20-10/h2,5-6,10H,3-4,7-9H2,1H3,(H2,16,21)(H,17,18). The summed E-state index contributed by atoms with van der Waals surface area (Å²) in [6.07, 6.45) is 3.43. The molecule has 0 spiro atoms. The number of carbonyl (C=O) groups excluding carboxylic acids is 1. The van der Waals surface area contributed by atoms with Gasteiger partial charge < -0.3 is 20.5 Å². The van der Waals surface area contributed by atoms with Crippen molar-refractivity contribution in [2.75, 3.05) is 19.0 Å².